The van der Waals surface area contributed by atoms with Crippen molar-refractivity contribution in [2.24, 2.45) is 5.73 Å². The maximum Gasteiger partial charge on any atom is 0.416 e. The topological polar surface area (TPSA) is 84.6 Å². The number of aliphatic hydroxyl groups excluding tert-OH is 1. The van der Waals surface area contributed by atoms with Crippen molar-refractivity contribution >= 4 is 11.8 Å². The van der Waals surface area contributed by atoms with Crippen LogP contribution in [0.1, 0.15) is 38.0 Å². The molecule has 0 bridgehead atoms. The van der Waals surface area contributed by atoms with Crippen LogP contribution in [-0.4, -0.2) is 23.3 Å². The summed E-state index contributed by atoms with van der Waals surface area (Å²) in [5.74, 6) is 0. The smallest absolute Gasteiger partial charge is 0.416 e. The Hall–Kier alpha value is -1.80. The van der Waals surface area contributed by atoms with Crippen LogP contribution in [0.25, 0.3) is 0 Å². The van der Waals surface area contributed by atoms with Gasteiger partial charge in [-0.15, -0.1) is 0 Å². The van der Waals surface area contributed by atoms with Crippen LogP contribution >= 0.6 is 0 Å². The van der Waals surface area contributed by atoms with E-state index in [1.807, 2.05) is 0 Å². The van der Waals surface area contributed by atoms with Crippen LogP contribution < -0.4 is 11.1 Å². The minimum atomic E-state index is -4.57. The number of anilines is 1. The predicted molar refractivity (Wildman–Crippen MR) is 75.3 cm³/mol. The summed E-state index contributed by atoms with van der Waals surface area (Å²) in [7, 11) is 0. The molecule has 1 rings (SSSR count). The molecule has 1 aromatic rings. The van der Waals surface area contributed by atoms with Crippen LogP contribution in [0.3, 0.4) is 0 Å². The minimum Gasteiger partial charge on any atom is -0.444 e. The van der Waals surface area contributed by atoms with Crippen LogP contribution in [0.2, 0.25) is 0 Å². The maximum absolute atomic E-state index is 12.8. The third kappa shape index (κ3) is 5.19. The van der Waals surface area contributed by atoms with E-state index in [1.165, 1.54) is 0 Å². The molecule has 0 aliphatic carbocycles. The Kier molecular flexibility index (Phi) is 5.42. The third-order valence-corrected chi connectivity index (χ3v) is 2.60. The zero-order chi connectivity index (χ0) is 17.1. The van der Waals surface area contributed by atoms with Crippen molar-refractivity contribution in [3.63, 3.8) is 0 Å². The van der Waals surface area contributed by atoms with Crippen LogP contribution in [0.4, 0.5) is 23.7 Å². The Morgan fingerprint density at radius 2 is 1.95 bits per heavy atom. The van der Waals surface area contributed by atoms with Crippen molar-refractivity contribution in [3.05, 3.63) is 29.3 Å². The highest BCUT2D eigenvalue weighted by Crippen LogP contribution is 2.34. The normalized spacial score (nSPS) is 13.6. The molecule has 4 N–H and O–H groups in total. The van der Waals surface area contributed by atoms with Crippen molar-refractivity contribution in [2.45, 2.75) is 38.7 Å². The lowest BCUT2D eigenvalue weighted by atomic mass is 10.0. The molecule has 0 aliphatic heterocycles. The fourth-order valence-corrected chi connectivity index (χ4v) is 1.67. The summed E-state index contributed by atoms with van der Waals surface area (Å²) in [6.45, 7) is 4.66. The molecular formula is C14H19F3N2O3. The van der Waals surface area contributed by atoms with Gasteiger partial charge in [-0.2, -0.15) is 13.2 Å². The molecule has 22 heavy (non-hydrogen) atoms. The van der Waals surface area contributed by atoms with Gasteiger partial charge in [-0.1, -0.05) is 6.07 Å². The summed E-state index contributed by atoms with van der Waals surface area (Å²) in [4.78, 5) is 11.7. The largest absolute Gasteiger partial charge is 0.444 e. The fourth-order valence-electron chi connectivity index (χ4n) is 1.67. The molecule has 1 unspecified atom stereocenters. The Balaban J connectivity index is 3.14. The lowest BCUT2D eigenvalue weighted by Gasteiger charge is -2.22. The molecular weight excluding hydrogens is 301 g/mol. The summed E-state index contributed by atoms with van der Waals surface area (Å²) >= 11 is 0. The van der Waals surface area contributed by atoms with Gasteiger partial charge in [0.2, 0.25) is 0 Å². The number of carbonyl (C=O) groups is 1. The molecule has 0 saturated heterocycles. The number of alkyl halides is 3. The first kappa shape index (κ1) is 18.2. The zero-order valence-electron chi connectivity index (χ0n) is 12.5. The van der Waals surface area contributed by atoms with Crippen LogP contribution in [0, 0.1) is 0 Å². The Bertz CT molecular complexity index is 539. The molecule has 0 spiro atoms. The van der Waals surface area contributed by atoms with Gasteiger partial charge < -0.3 is 15.6 Å². The predicted octanol–water partition coefficient (Wildman–Crippen LogP) is 3.04. The minimum absolute atomic E-state index is 0.0846. The Morgan fingerprint density at radius 1 is 1.36 bits per heavy atom. The average molecular weight is 320 g/mol. The molecule has 1 aromatic carbocycles. The number of hydrogen-bond donors (Lipinski definition) is 3. The molecule has 124 valence electrons. The van der Waals surface area contributed by atoms with E-state index in [-0.39, 0.29) is 17.8 Å². The van der Waals surface area contributed by atoms with E-state index >= 15 is 0 Å². The first-order valence-electron chi connectivity index (χ1n) is 6.53. The molecule has 8 heteroatoms. The van der Waals surface area contributed by atoms with Gasteiger partial charge in [0, 0.05) is 12.1 Å². The van der Waals surface area contributed by atoms with Crippen molar-refractivity contribution in [1.82, 2.24) is 0 Å². The second-order valence-corrected chi connectivity index (χ2v) is 5.68. The highest BCUT2D eigenvalue weighted by atomic mass is 19.4. The molecule has 0 aliphatic rings. The molecule has 5 nitrogen and oxygen atoms in total. The van der Waals surface area contributed by atoms with E-state index in [4.69, 9.17) is 10.5 Å². The van der Waals surface area contributed by atoms with Crippen molar-refractivity contribution in [1.29, 1.82) is 0 Å². The summed E-state index contributed by atoms with van der Waals surface area (Å²) < 4.78 is 43.3. The van der Waals surface area contributed by atoms with Crippen molar-refractivity contribution in [3.8, 4) is 0 Å². The standard InChI is InChI=1S/C14H19F3N2O3/c1-13(2,3)22-12(21)19-10-6-8(14(15,16)17)4-5-9(10)11(20)7-18/h4-6,11,20H,7,18H2,1-3H3,(H,19,21). The van der Waals surface area contributed by atoms with Crippen LogP contribution in [0.15, 0.2) is 18.2 Å². The van der Waals surface area contributed by atoms with E-state index in [1.54, 1.807) is 20.8 Å². The average Bonchev–Trinajstić information content (AvgIpc) is 2.34. The maximum atomic E-state index is 12.8. The summed E-state index contributed by atoms with van der Waals surface area (Å²) in [5.41, 5.74) is 3.45. The van der Waals surface area contributed by atoms with E-state index in [9.17, 15) is 23.1 Å². The Morgan fingerprint density at radius 3 is 2.41 bits per heavy atom. The van der Waals surface area contributed by atoms with Gasteiger partial charge in [0.25, 0.3) is 0 Å². The molecule has 1 atom stereocenters. The van der Waals surface area contributed by atoms with E-state index in [0.29, 0.717) is 0 Å². The lowest BCUT2D eigenvalue weighted by Crippen LogP contribution is -2.28. The second-order valence-electron chi connectivity index (χ2n) is 5.68. The number of aliphatic hydroxyl groups is 1. The number of rotatable bonds is 3. The number of carbonyl (C=O) groups excluding carboxylic acids is 1. The van der Waals surface area contributed by atoms with Crippen LogP contribution in [0.5, 0.6) is 0 Å². The number of benzene rings is 1. The molecule has 0 heterocycles. The second kappa shape index (κ2) is 6.53. The summed E-state index contributed by atoms with van der Waals surface area (Å²) in [6.07, 6.45) is -6.69. The van der Waals surface area contributed by atoms with E-state index in [2.05, 4.69) is 5.32 Å². The van der Waals surface area contributed by atoms with E-state index in [0.717, 1.165) is 18.2 Å². The Labute approximate surface area is 126 Å². The molecule has 0 saturated carbocycles. The van der Waals surface area contributed by atoms with Gasteiger partial charge in [-0.05, 0) is 32.9 Å². The molecule has 0 fully saturated rings. The molecule has 0 radical (unpaired) electrons. The number of amides is 1. The number of hydrogen-bond acceptors (Lipinski definition) is 4. The first-order valence-corrected chi connectivity index (χ1v) is 6.53. The monoisotopic (exact) mass is 320 g/mol. The van der Waals surface area contributed by atoms with Gasteiger partial charge in [-0.25, -0.2) is 4.79 Å². The van der Waals surface area contributed by atoms with E-state index < -0.39 is 29.5 Å². The zero-order valence-corrected chi connectivity index (χ0v) is 12.5. The summed E-state index contributed by atoms with van der Waals surface area (Å²) in [6, 6.07) is 2.62. The number of nitrogens with one attached hydrogen (secondary N) is 1. The fraction of sp³-hybridized carbons (Fsp3) is 0.500. The van der Waals surface area contributed by atoms with Crippen molar-refractivity contribution in [2.75, 3.05) is 11.9 Å². The first-order chi connectivity index (χ1) is 9.94. The molecule has 0 aromatic heterocycles. The lowest BCUT2D eigenvalue weighted by molar-refractivity contribution is -0.137. The number of ether oxygens (including phenoxy) is 1. The van der Waals surface area contributed by atoms with Crippen LogP contribution in [-0.2, 0) is 10.9 Å². The van der Waals surface area contributed by atoms with Crippen molar-refractivity contribution < 1.29 is 27.8 Å². The summed E-state index contributed by atoms with van der Waals surface area (Å²) in [5, 5.41) is 12.0. The van der Waals surface area contributed by atoms with Gasteiger partial charge in [0.15, 0.2) is 0 Å². The highest BCUT2D eigenvalue weighted by Gasteiger charge is 2.32. The quantitative estimate of drug-likeness (QED) is 0.799. The molecule has 1 amide bonds. The SMILES string of the molecule is CC(C)(C)OC(=O)Nc1cc(C(F)(F)F)ccc1C(O)CN. The third-order valence-electron chi connectivity index (χ3n) is 2.60. The highest BCUT2D eigenvalue weighted by molar-refractivity contribution is 5.86. The number of nitrogens with two attached hydrogens (primary N) is 1. The van der Waals surface area contributed by atoms with Gasteiger partial charge in [-0.3, -0.25) is 5.32 Å². The number of halogens is 3. The van der Waals surface area contributed by atoms with Gasteiger partial charge >= 0.3 is 12.3 Å². The van der Waals surface area contributed by atoms with Gasteiger partial charge in [0.05, 0.1) is 17.4 Å². The van der Waals surface area contributed by atoms with Gasteiger partial charge in [0.1, 0.15) is 5.60 Å².